The van der Waals surface area contributed by atoms with Gasteiger partial charge in [-0.05, 0) is 19.3 Å². The lowest BCUT2D eigenvalue weighted by Crippen LogP contribution is -2.34. The highest BCUT2D eigenvalue weighted by molar-refractivity contribution is 6.79. The molecule has 0 atom stereocenters. The zero-order chi connectivity index (χ0) is 20.5. The third kappa shape index (κ3) is 10.4. The van der Waals surface area contributed by atoms with E-state index in [2.05, 4.69) is 37.6 Å². The van der Waals surface area contributed by atoms with Crippen LogP contribution in [-0.2, 0) is 0 Å². The molecule has 1 saturated heterocycles. The summed E-state index contributed by atoms with van der Waals surface area (Å²) in [6.07, 6.45) is 24.2. The fourth-order valence-electron chi connectivity index (χ4n) is 5.35. The first-order chi connectivity index (χ1) is 13.7. The molecule has 2 aliphatic heterocycles. The lowest BCUT2D eigenvalue weighted by molar-refractivity contribution is 0.391. The van der Waals surface area contributed by atoms with Gasteiger partial charge in [0, 0.05) is 32.2 Å². The minimum absolute atomic E-state index is 0.00722. The van der Waals surface area contributed by atoms with Gasteiger partial charge in [-0.1, -0.05) is 85.5 Å². The normalized spacial score (nSPS) is 17.3. The number of hydrogen-bond donors (Lipinski definition) is 0. The third-order valence-electron chi connectivity index (χ3n) is 7.25. The highest BCUT2D eigenvalue weighted by Crippen LogP contribution is 2.33. The lowest BCUT2D eigenvalue weighted by Gasteiger charge is -2.40. The molecule has 0 amide bonds. The molecule has 0 spiro atoms. The first-order valence-electron chi connectivity index (χ1n) is 13.2. The average molecular weight is 392 g/mol. The summed E-state index contributed by atoms with van der Waals surface area (Å²) in [5.74, 6) is 1.40. The van der Waals surface area contributed by atoms with Crippen LogP contribution in [0, 0.1) is 0 Å². The van der Waals surface area contributed by atoms with E-state index in [9.17, 15) is 0 Å². The number of fused-ring (bicyclic) bond motifs is 1. The average Bonchev–Trinajstić information content (AvgIpc) is 2.99. The van der Waals surface area contributed by atoms with E-state index < -0.39 is 0 Å². The first-order valence-corrected chi connectivity index (χ1v) is 13.2. The molecule has 0 bridgehead atoms. The minimum atomic E-state index is -0.00722. The molecule has 0 aromatic carbocycles. The molecular weight excluding hydrogens is 339 g/mol. The monoisotopic (exact) mass is 391 g/mol. The summed E-state index contributed by atoms with van der Waals surface area (Å²) < 4.78 is 0. The Labute approximate surface area is 178 Å². The number of amidine groups is 1. The summed E-state index contributed by atoms with van der Waals surface area (Å²) >= 11 is 0. The van der Waals surface area contributed by atoms with Crippen molar-refractivity contribution < 1.29 is 0 Å². The van der Waals surface area contributed by atoms with E-state index in [4.69, 9.17) is 0 Å². The van der Waals surface area contributed by atoms with Gasteiger partial charge in [-0.25, -0.2) is 0 Å². The van der Waals surface area contributed by atoms with Crippen molar-refractivity contribution >= 4 is 12.0 Å². The Morgan fingerprint density at radius 1 is 0.679 bits per heavy atom. The van der Waals surface area contributed by atoms with E-state index in [0.717, 1.165) is 6.54 Å². The van der Waals surface area contributed by atoms with Crippen LogP contribution in [0.3, 0.4) is 0 Å². The van der Waals surface area contributed by atoms with E-state index in [0.29, 0.717) is 0 Å². The molecule has 0 aromatic heterocycles. The number of aliphatic imine (C=N–C) groups is 1. The smallest absolute Gasteiger partial charge is 0.0988 e. The second-order valence-corrected chi connectivity index (χ2v) is 9.75. The van der Waals surface area contributed by atoms with Crippen molar-refractivity contribution in [2.45, 2.75) is 136 Å². The maximum Gasteiger partial charge on any atom is 0.0988 e. The Hall–Kier alpha value is -0.465. The third-order valence-corrected chi connectivity index (χ3v) is 7.25. The van der Waals surface area contributed by atoms with E-state index in [1.165, 1.54) is 102 Å². The molecule has 0 aliphatic carbocycles. The molecule has 0 N–H and O–H groups in total. The van der Waals surface area contributed by atoms with Crippen LogP contribution >= 0.6 is 0 Å². The molecule has 3 heteroatoms. The Balaban J connectivity index is 0.000000302. The fourth-order valence-corrected chi connectivity index (χ4v) is 5.35. The summed E-state index contributed by atoms with van der Waals surface area (Å²) in [7, 11) is 0. The lowest BCUT2D eigenvalue weighted by atomic mass is 9.17. The number of hydrogen-bond acceptors (Lipinski definition) is 2. The molecule has 2 heterocycles. The highest BCUT2D eigenvalue weighted by atomic mass is 15.2. The molecule has 0 aromatic rings. The van der Waals surface area contributed by atoms with Crippen molar-refractivity contribution in [1.82, 2.24) is 4.90 Å². The molecule has 1 fully saturated rings. The maximum absolute atomic E-state index is 4.55. The summed E-state index contributed by atoms with van der Waals surface area (Å²) in [6, 6.07) is 0. The van der Waals surface area contributed by atoms with Crippen LogP contribution in [0.4, 0.5) is 0 Å². The van der Waals surface area contributed by atoms with Crippen molar-refractivity contribution in [3.63, 3.8) is 0 Å². The Kier molecular flexibility index (Phi) is 14.9. The van der Waals surface area contributed by atoms with Crippen LogP contribution in [0.1, 0.15) is 111 Å². The van der Waals surface area contributed by atoms with Gasteiger partial charge >= 0.3 is 0 Å². The van der Waals surface area contributed by atoms with Gasteiger partial charge in [-0.3, -0.25) is 4.99 Å². The summed E-state index contributed by atoms with van der Waals surface area (Å²) in [5.41, 5.74) is 0. The number of unbranched alkanes of at least 4 members (excludes halogenated alkanes) is 4. The molecule has 2 aliphatic rings. The van der Waals surface area contributed by atoms with Crippen molar-refractivity contribution in [1.29, 1.82) is 0 Å². The van der Waals surface area contributed by atoms with Crippen molar-refractivity contribution in [3.8, 4) is 0 Å². The van der Waals surface area contributed by atoms with Crippen LogP contribution in [0.25, 0.3) is 0 Å². The minimum Gasteiger partial charge on any atom is -0.360 e. The van der Waals surface area contributed by atoms with Gasteiger partial charge in [0.25, 0.3) is 0 Å². The standard InChI is InChI=1S/C16H36B.C9H16N2/c1-5-9-13-17(14-10-6-2,15-11-7-3)16-12-8-4;1-2-5-9-10-6-4-8-11(9)7-3-1/h5-16H2,1-4H3;1-8H2/q-1;. The molecule has 0 radical (unpaired) electrons. The van der Waals surface area contributed by atoms with Crippen LogP contribution in [-0.4, -0.2) is 36.5 Å². The van der Waals surface area contributed by atoms with Crippen LogP contribution in [0.5, 0.6) is 0 Å². The first kappa shape index (κ1) is 25.6. The van der Waals surface area contributed by atoms with Crippen LogP contribution in [0.2, 0.25) is 25.3 Å². The number of rotatable bonds is 12. The molecule has 0 unspecified atom stereocenters. The van der Waals surface area contributed by atoms with Gasteiger partial charge in [0.05, 0.1) is 5.84 Å². The van der Waals surface area contributed by atoms with Crippen LogP contribution < -0.4 is 0 Å². The van der Waals surface area contributed by atoms with Gasteiger partial charge in [-0.15, -0.1) is 0 Å². The molecule has 0 saturated carbocycles. The zero-order valence-electron chi connectivity index (χ0n) is 20.1. The van der Waals surface area contributed by atoms with E-state index >= 15 is 0 Å². The second kappa shape index (κ2) is 16.3. The molecular formula is C25H52BN2-. The molecule has 2 rings (SSSR count). The van der Waals surface area contributed by atoms with Crippen molar-refractivity contribution in [3.05, 3.63) is 0 Å². The van der Waals surface area contributed by atoms with E-state index in [1.54, 1.807) is 25.3 Å². The fraction of sp³-hybridized carbons (Fsp3) is 0.960. The van der Waals surface area contributed by atoms with Gasteiger partial charge in [-0.2, -0.15) is 25.3 Å². The molecule has 166 valence electrons. The van der Waals surface area contributed by atoms with E-state index in [1.807, 2.05) is 0 Å². The topological polar surface area (TPSA) is 15.6 Å². The van der Waals surface area contributed by atoms with Crippen molar-refractivity contribution in [2.24, 2.45) is 4.99 Å². The van der Waals surface area contributed by atoms with Gasteiger partial charge in [0.2, 0.25) is 0 Å². The zero-order valence-corrected chi connectivity index (χ0v) is 20.1. The second-order valence-electron chi connectivity index (χ2n) is 9.75. The highest BCUT2D eigenvalue weighted by Gasteiger charge is 2.22. The summed E-state index contributed by atoms with van der Waals surface area (Å²) in [6.45, 7) is 13.0. The summed E-state index contributed by atoms with van der Waals surface area (Å²) in [5, 5.41) is 0. The largest absolute Gasteiger partial charge is 0.360 e. The predicted molar refractivity (Wildman–Crippen MR) is 132 cm³/mol. The van der Waals surface area contributed by atoms with Crippen molar-refractivity contribution in [2.75, 3.05) is 19.6 Å². The Morgan fingerprint density at radius 3 is 1.68 bits per heavy atom. The maximum atomic E-state index is 4.55. The molecule has 2 nitrogen and oxygen atoms in total. The van der Waals surface area contributed by atoms with Gasteiger partial charge < -0.3 is 4.90 Å². The van der Waals surface area contributed by atoms with E-state index in [-0.39, 0.29) is 6.15 Å². The van der Waals surface area contributed by atoms with Crippen LogP contribution in [0.15, 0.2) is 4.99 Å². The SMILES string of the molecule is C1CCC2=NCCCN2CC1.CCCC[B-](CCCC)(CCCC)CCCC. The quantitative estimate of drug-likeness (QED) is 0.305. The summed E-state index contributed by atoms with van der Waals surface area (Å²) in [4.78, 5) is 7.04. The number of nitrogens with zero attached hydrogens (tertiary/aromatic N) is 2. The Morgan fingerprint density at radius 2 is 1.18 bits per heavy atom. The molecule has 28 heavy (non-hydrogen) atoms. The Bertz CT molecular complexity index is 356. The predicted octanol–water partition coefficient (Wildman–Crippen LogP) is 8.30. The van der Waals surface area contributed by atoms with Gasteiger partial charge in [0.15, 0.2) is 0 Å². The van der Waals surface area contributed by atoms with Gasteiger partial charge in [0.1, 0.15) is 0 Å².